The zero-order valence-corrected chi connectivity index (χ0v) is 7.90. The van der Waals surface area contributed by atoms with Crippen LogP contribution in [0, 0.1) is 0 Å². The Morgan fingerprint density at radius 3 is 2.86 bits per heavy atom. The Kier molecular flexibility index (Phi) is 3.94. The predicted molar refractivity (Wildman–Crippen MR) is 51.0 cm³/mol. The van der Waals surface area contributed by atoms with Crippen LogP contribution in [0.15, 0.2) is 18.2 Å². The Labute approximate surface area is 82.1 Å². The largest absolute Gasteiger partial charge is 0.493 e. The van der Waals surface area contributed by atoms with Crippen LogP contribution in [0.2, 0.25) is 0 Å². The summed E-state index contributed by atoms with van der Waals surface area (Å²) in [4.78, 5) is 10.7. The smallest absolute Gasteiger partial charge is 0.171 e. The molecule has 76 valence electrons. The number of rotatable bonds is 5. The Morgan fingerprint density at radius 1 is 1.50 bits per heavy atom. The first-order chi connectivity index (χ1) is 6.83. The molecule has 0 amide bonds. The van der Waals surface area contributed by atoms with Gasteiger partial charge >= 0.3 is 0 Å². The molecule has 0 fully saturated rings. The number of carbonyl (C=O) groups is 1. The van der Waals surface area contributed by atoms with Gasteiger partial charge in [-0.1, -0.05) is 6.07 Å². The van der Waals surface area contributed by atoms with Crippen LogP contribution in [0.3, 0.4) is 0 Å². The third-order valence-corrected chi connectivity index (χ3v) is 1.69. The second-order valence-electron chi connectivity index (χ2n) is 2.57. The molecule has 4 heteroatoms. The second-order valence-corrected chi connectivity index (χ2v) is 2.57. The van der Waals surface area contributed by atoms with Crippen LogP contribution in [0.4, 0.5) is 0 Å². The van der Waals surface area contributed by atoms with E-state index in [2.05, 4.69) is 0 Å². The lowest BCUT2D eigenvalue weighted by atomic mass is 10.2. The fourth-order valence-corrected chi connectivity index (χ4v) is 1.09. The monoisotopic (exact) mass is 196 g/mol. The number of para-hydroxylation sites is 1. The Hall–Kier alpha value is -1.55. The van der Waals surface area contributed by atoms with Crippen molar-refractivity contribution in [2.45, 2.75) is 0 Å². The van der Waals surface area contributed by atoms with Gasteiger partial charge in [0.15, 0.2) is 17.8 Å². The van der Waals surface area contributed by atoms with E-state index in [1.54, 1.807) is 18.2 Å². The van der Waals surface area contributed by atoms with Gasteiger partial charge in [-0.15, -0.1) is 0 Å². The number of hydrogen-bond acceptors (Lipinski definition) is 4. The fourth-order valence-electron chi connectivity index (χ4n) is 1.09. The quantitative estimate of drug-likeness (QED) is 0.710. The van der Waals surface area contributed by atoms with Crippen LogP contribution in [-0.4, -0.2) is 31.7 Å². The van der Waals surface area contributed by atoms with E-state index in [1.807, 2.05) is 0 Å². The number of aliphatic hydroxyl groups is 1. The fraction of sp³-hybridized carbons (Fsp3) is 0.300. The van der Waals surface area contributed by atoms with Gasteiger partial charge in [0.2, 0.25) is 0 Å². The molecule has 0 saturated heterocycles. The van der Waals surface area contributed by atoms with Gasteiger partial charge in [0, 0.05) is 0 Å². The number of methoxy groups -OCH3 is 1. The molecule has 0 heterocycles. The van der Waals surface area contributed by atoms with Crippen LogP contribution in [0.1, 0.15) is 10.4 Å². The lowest BCUT2D eigenvalue weighted by Crippen LogP contribution is -2.05. The van der Waals surface area contributed by atoms with E-state index >= 15 is 0 Å². The standard InChI is InChI=1S/C10H12O4/c1-13-9-4-2-3-8(7-12)10(9)14-6-5-11/h2-4,7,11H,5-6H2,1H3. The summed E-state index contributed by atoms with van der Waals surface area (Å²) in [7, 11) is 1.50. The van der Waals surface area contributed by atoms with Gasteiger partial charge < -0.3 is 14.6 Å². The first-order valence-corrected chi connectivity index (χ1v) is 4.19. The summed E-state index contributed by atoms with van der Waals surface area (Å²) < 4.78 is 10.2. The van der Waals surface area contributed by atoms with Crippen LogP contribution in [-0.2, 0) is 0 Å². The van der Waals surface area contributed by atoms with E-state index < -0.39 is 0 Å². The Bertz CT molecular complexity index is 309. The molecule has 0 aliphatic rings. The molecule has 1 N–H and O–H groups in total. The van der Waals surface area contributed by atoms with Crippen molar-refractivity contribution in [2.75, 3.05) is 20.3 Å². The minimum atomic E-state index is -0.101. The molecule has 0 bridgehead atoms. The molecule has 0 saturated carbocycles. The zero-order chi connectivity index (χ0) is 10.4. The number of hydrogen-bond donors (Lipinski definition) is 1. The van der Waals surface area contributed by atoms with Crippen molar-refractivity contribution in [1.29, 1.82) is 0 Å². The first kappa shape index (κ1) is 10.5. The van der Waals surface area contributed by atoms with Crippen molar-refractivity contribution in [3.63, 3.8) is 0 Å². The maximum atomic E-state index is 10.7. The highest BCUT2D eigenvalue weighted by molar-refractivity contribution is 5.81. The minimum absolute atomic E-state index is 0.101. The topological polar surface area (TPSA) is 55.8 Å². The van der Waals surface area contributed by atoms with Gasteiger partial charge in [-0.2, -0.15) is 0 Å². The summed E-state index contributed by atoms with van der Waals surface area (Å²) in [6, 6.07) is 5.02. The molecule has 0 aliphatic carbocycles. The Balaban J connectivity index is 2.99. The molecule has 0 radical (unpaired) electrons. The van der Waals surface area contributed by atoms with Crippen molar-refractivity contribution in [3.05, 3.63) is 23.8 Å². The van der Waals surface area contributed by atoms with Crippen molar-refractivity contribution in [2.24, 2.45) is 0 Å². The molecule has 0 unspecified atom stereocenters. The summed E-state index contributed by atoms with van der Waals surface area (Å²) in [5.41, 5.74) is 0.415. The average molecular weight is 196 g/mol. The van der Waals surface area contributed by atoms with Crippen molar-refractivity contribution in [1.82, 2.24) is 0 Å². The SMILES string of the molecule is COc1cccc(C=O)c1OCCO. The summed E-state index contributed by atoms with van der Waals surface area (Å²) in [6.45, 7) is 0.0392. The van der Waals surface area contributed by atoms with E-state index in [0.29, 0.717) is 23.3 Å². The molecule has 0 aromatic heterocycles. The highest BCUT2D eigenvalue weighted by Crippen LogP contribution is 2.29. The van der Waals surface area contributed by atoms with Gasteiger partial charge in [-0.25, -0.2) is 0 Å². The molecule has 0 spiro atoms. The molecule has 0 aliphatic heterocycles. The highest BCUT2D eigenvalue weighted by atomic mass is 16.5. The molecule has 1 aromatic carbocycles. The van der Waals surface area contributed by atoms with E-state index in [9.17, 15) is 4.79 Å². The van der Waals surface area contributed by atoms with E-state index in [-0.39, 0.29) is 13.2 Å². The van der Waals surface area contributed by atoms with Crippen LogP contribution in [0.25, 0.3) is 0 Å². The number of aldehydes is 1. The van der Waals surface area contributed by atoms with Crippen molar-refractivity contribution in [3.8, 4) is 11.5 Å². The van der Waals surface area contributed by atoms with Gasteiger partial charge in [-0.3, -0.25) is 4.79 Å². The molecular formula is C10H12O4. The molecule has 4 nitrogen and oxygen atoms in total. The molecule has 1 rings (SSSR count). The lowest BCUT2D eigenvalue weighted by Gasteiger charge is -2.11. The van der Waals surface area contributed by atoms with E-state index in [0.717, 1.165) is 0 Å². The first-order valence-electron chi connectivity index (χ1n) is 4.19. The van der Waals surface area contributed by atoms with E-state index in [1.165, 1.54) is 7.11 Å². The Morgan fingerprint density at radius 2 is 2.29 bits per heavy atom. The van der Waals surface area contributed by atoms with Crippen LogP contribution in [0.5, 0.6) is 11.5 Å². The summed E-state index contributed by atoms with van der Waals surface area (Å²) in [6.07, 6.45) is 0.690. The molecule has 14 heavy (non-hydrogen) atoms. The summed E-state index contributed by atoms with van der Waals surface area (Å²) in [5.74, 6) is 0.863. The molecule has 1 aromatic rings. The van der Waals surface area contributed by atoms with Crippen molar-refractivity contribution < 1.29 is 19.4 Å². The third-order valence-electron chi connectivity index (χ3n) is 1.69. The van der Waals surface area contributed by atoms with Gasteiger partial charge in [0.05, 0.1) is 19.3 Å². The second kappa shape index (κ2) is 5.24. The molecular weight excluding hydrogens is 184 g/mol. The maximum Gasteiger partial charge on any atom is 0.171 e. The summed E-state index contributed by atoms with van der Waals surface area (Å²) in [5, 5.41) is 8.60. The van der Waals surface area contributed by atoms with Gasteiger partial charge in [0.25, 0.3) is 0 Å². The number of carbonyl (C=O) groups excluding carboxylic acids is 1. The lowest BCUT2D eigenvalue weighted by molar-refractivity contribution is 0.111. The maximum absolute atomic E-state index is 10.7. The van der Waals surface area contributed by atoms with Gasteiger partial charge in [0.1, 0.15) is 6.61 Å². The van der Waals surface area contributed by atoms with Gasteiger partial charge in [-0.05, 0) is 12.1 Å². The number of aliphatic hydroxyl groups excluding tert-OH is 1. The number of benzene rings is 1. The third kappa shape index (κ3) is 2.23. The highest BCUT2D eigenvalue weighted by Gasteiger charge is 2.08. The minimum Gasteiger partial charge on any atom is -0.493 e. The normalized spacial score (nSPS) is 9.57. The van der Waals surface area contributed by atoms with Crippen LogP contribution >= 0.6 is 0 Å². The van der Waals surface area contributed by atoms with E-state index in [4.69, 9.17) is 14.6 Å². The summed E-state index contributed by atoms with van der Waals surface area (Å²) >= 11 is 0. The van der Waals surface area contributed by atoms with Crippen LogP contribution < -0.4 is 9.47 Å². The molecule has 0 atom stereocenters. The zero-order valence-electron chi connectivity index (χ0n) is 7.90. The predicted octanol–water partition coefficient (Wildman–Crippen LogP) is 0.879. The van der Waals surface area contributed by atoms with Crippen molar-refractivity contribution >= 4 is 6.29 Å². The number of ether oxygens (including phenoxy) is 2. The average Bonchev–Trinajstić information content (AvgIpc) is 2.25.